The molecule has 3 rings (SSSR count). The standard InChI is InChI=1S/C8H6F3N3S.C5H3F6N3.2CH4/c1-14-6(5-3-2-4-15-5)12-13-7(14)8(9,10)11;1-14-2(4(6,7)8)12-13-3(14)5(9,10)11;;/h2-4H,1H3;1H3;2*1H4. The molecule has 0 aliphatic rings. The summed E-state index contributed by atoms with van der Waals surface area (Å²) in [7, 11) is 1.91. The van der Waals surface area contributed by atoms with E-state index in [1.165, 1.54) is 18.4 Å². The van der Waals surface area contributed by atoms with Crippen molar-refractivity contribution >= 4 is 11.3 Å². The van der Waals surface area contributed by atoms with Crippen molar-refractivity contribution in [2.45, 2.75) is 33.4 Å². The van der Waals surface area contributed by atoms with Crippen LogP contribution in [-0.4, -0.2) is 29.5 Å². The SMILES string of the molecule is C.C.Cn1c(-c2cccs2)nnc1C(F)(F)F.Cn1c(C(F)(F)F)nnc1C(F)(F)F. The first-order valence-electron chi connectivity index (χ1n) is 7.18. The first-order valence-corrected chi connectivity index (χ1v) is 8.06. The van der Waals surface area contributed by atoms with Crippen LogP contribution in [0.2, 0.25) is 0 Å². The predicted molar refractivity (Wildman–Crippen MR) is 93.8 cm³/mol. The molecule has 0 radical (unpaired) electrons. The average molecular weight is 484 g/mol. The van der Waals surface area contributed by atoms with E-state index in [2.05, 4.69) is 20.4 Å². The quantitative estimate of drug-likeness (QED) is 0.417. The highest BCUT2D eigenvalue weighted by atomic mass is 32.1. The van der Waals surface area contributed by atoms with Gasteiger partial charge in [0.15, 0.2) is 5.82 Å². The van der Waals surface area contributed by atoms with Crippen molar-refractivity contribution in [1.29, 1.82) is 0 Å². The molecule has 0 amide bonds. The van der Waals surface area contributed by atoms with E-state index >= 15 is 0 Å². The molecule has 0 bridgehead atoms. The van der Waals surface area contributed by atoms with E-state index in [4.69, 9.17) is 0 Å². The molecule has 31 heavy (non-hydrogen) atoms. The molecule has 6 nitrogen and oxygen atoms in total. The normalized spacial score (nSPS) is 11.8. The van der Waals surface area contributed by atoms with Gasteiger partial charge in [0.2, 0.25) is 17.5 Å². The molecule has 0 aliphatic carbocycles. The van der Waals surface area contributed by atoms with E-state index in [-0.39, 0.29) is 25.2 Å². The Balaban J connectivity index is 0.000000547. The highest BCUT2D eigenvalue weighted by Gasteiger charge is 2.44. The molecular weight excluding hydrogens is 467 g/mol. The Bertz CT molecular complexity index is 920. The van der Waals surface area contributed by atoms with Crippen LogP contribution in [0.4, 0.5) is 39.5 Å². The van der Waals surface area contributed by atoms with Crippen molar-refractivity contribution in [3.63, 3.8) is 0 Å². The van der Waals surface area contributed by atoms with E-state index in [9.17, 15) is 39.5 Å². The van der Waals surface area contributed by atoms with Gasteiger partial charge in [-0.15, -0.1) is 31.7 Å². The third-order valence-corrected chi connectivity index (χ3v) is 4.12. The first-order chi connectivity index (χ1) is 13.1. The molecule has 176 valence electrons. The van der Waals surface area contributed by atoms with Crippen molar-refractivity contribution in [3.8, 4) is 10.7 Å². The average Bonchev–Trinajstić information content (AvgIpc) is 3.23. The topological polar surface area (TPSA) is 61.4 Å². The maximum Gasteiger partial charge on any atom is 0.451 e. The smallest absolute Gasteiger partial charge is 0.306 e. The van der Waals surface area contributed by atoms with Crippen LogP contribution in [0.15, 0.2) is 17.5 Å². The Labute approximate surface area is 174 Å². The Hall–Kier alpha value is -2.65. The molecule has 3 aromatic rings. The lowest BCUT2D eigenvalue weighted by Gasteiger charge is -2.07. The van der Waals surface area contributed by atoms with Gasteiger partial charge in [0.25, 0.3) is 0 Å². The molecule has 0 unspecified atom stereocenters. The predicted octanol–water partition coefficient (Wildman–Crippen LogP) is 5.69. The highest BCUT2D eigenvalue weighted by molar-refractivity contribution is 7.13. The number of aromatic nitrogens is 6. The summed E-state index contributed by atoms with van der Waals surface area (Å²) in [5.41, 5.74) is 0. The molecule has 0 aliphatic heterocycles. The summed E-state index contributed by atoms with van der Waals surface area (Å²) in [5.74, 6) is -4.10. The fraction of sp³-hybridized carbons (Fsp3) is 0.467. The molecule has 0 spiro atoms. The van der Waals surface area contributed by atoms with Crippen molar-refractivity contribution in [3.05, 3.63) is 35.0 Å². The van der Waals surface area contributed by atoms with Gasteiger partial charge in [-0.3, -0.25) is 0 Å². The van der Waals surface area contributed by atoms with Crippen molar-refractivity contribution < 1.29 is 39.5 Å². The van der Waals surface area contributed by atoms with Gasteiger partial charge in [0.05, 0.1) is 4.88 Å². The summed E-state index contributed by atoms with van der Waals surface area (Å²) >= 11 is 1.32. The number of thiophene rings is 1. The lowest BCUT2D eigenvalue weighted by atomic mass is 10.4. The van der Waals surface area contributed by atoms with E-state index in [1.807, 2.05) is 0 Å². The zero-order valence-corrected chi connectivity index (χ0v) is 15.0. The number of hydrogen-bond acceptors (Lipinski definition) is 5. The van der Waals surface area contributed by atoms with Gasteiger partial charge >= 0.3 is 18.5 Å². The fourth-order valence-corrected chi connectivity index (χ4v) is 2.76. The van der Waals surface area contributed by atoms with Crippen LogP contribution in [0.1, 0.15) is 32.3 Å². The maximum atomic E-state index is 12.4. The summed E-state index contributed by atoms with van der Waals surface area (Å²) in [4.78, 5) is 0.667. The number of hydrogen-bond donors (Lipinski definition) is 0. The highest BCUT2D eigenvalue weighted by Crippen LogP contribution is 2.33. The molecule has 3 heterocycles. The van der Waals surface area contributed by atoms with Gasteiger partial charge in [-0.05, 0) is 11.4 Å². The largest absolute Gasteiger partial charge is 0.451 e. The number of rotatable bonds is 1. The molecule has 0 atom stereocenters. The second-order valence-corrected chi connectivity index (χ2v) is 6.23. The van der Waals surface area contributed by atoms with E-state index in [1.54, 1.807) is 17.5 Å². The Morgan fingerprint density at radius 1 is 0.677 bits per heavy atom. The molecule has 0 N–H and O–H groups in total. The summed E-state index contributed by atoms with van der Waals surface area (Å²) in [6.45, 7) is 0. The molecule has 16 heteroatoms. The van der Waals surface area contributed by atoms with Crippen molar-refractivity contribution in [2.24, 2.45) is 14.1 Å². The van der Waals surface area contributed by atoms with Gasteiger partial charge in [-0.1, -0.05) is 20.9 Å². The summed E-state index contributed by atoms with van der Waals surface area (Å²) in [5, 5.41) is 13.3. The lowest BCUT2D eigenvalue weighted by Crippen LogP contribution is -2.17. The second-order valence-electron chi connectivity index (χ2n) is 5.28. The van der Waals surface area contributed by atoms with Crippen LogP contribution in [0, 0.1) is 0 Å². The Kier molecular flexibility index (Phi) is 8.83. The number of halogens is 9. The van der Waals surface area contributed by atoms with Crippen LogP contribution in [0.3, 0.4) is 0 Å². The monoisotopic (exact) mass is 484 g/mol. The minimum absolute atomic E-state index is 0. The van der Waals surface area contributed by atoms with Crippen LogP contribution < -0.4 is 0 Å². The fourth-order valence-electron chi connectivity index (χ4n) is 2.02. The van der Waals surface area contributed by atoms with Crippen LogP contribution in [-0.2, 0) is 32.6 Å². The molecule has 0 saturated carbocycles. The van der Waals surface area contributed by atoms with Gasteiger partial charge in [-0.2, -0.15) is 39.5 Å². The van der Waals surface area contributed by atoms with Crippen molar-refractivity contribution in [2.75, 3.05) is 0 Å². The summed E-state index contributed by atoms with van der Waals surface area (Å²) in [6, 6.07) is 3.46. The molecule has 0 fully saturated rings. The lowest BCUT2D eigenvalue weighted by molar-refractivity contribution is -0.154. The minimum atomic E-state index is -4.94. The van der Waals surface area contributed by atoms with E-state index < -0.39 is 36.0 Å². The zero-order chi connectivity index (χ0) is 22.2. The number of nitrogens with zero attached hydrogens (tertiary/aromatic N) is 6. The van der Waals surface area contributed by atoms with Gasteiger partial charge < -0.3 is 9.13 Å². The van der Waals surface area contributed by atoms with Gasteiger partial charge in [0, 0.05) is 14.1 Å². The molecular formula is C15H17F9N6S. The summed E-state index contributed by atoms with van der Waals surface area (Å²) < 4.78 is 110. The molecule has 3 aromatic heterocycles. The van der Waals surface area contributed by atoms with Gasteiger partial charge in [0.1, 0.15) is 0 Å². The van der Waals surface area contributed by atoms with Crippen LogP contribution >= 0.6 is 11.3 Å². The van der Waals surface area contributed by atoms with E-state index in [0.717, 1.165) is 4.57 Å². The third-order valence-electron chi connectivity index (χ3n) is 3.25. The van der Waals surface area contributed by atoms with Crippen LogP contribution in [0.25, 0.3) is 10.7 Å². The first kappa shape index (κ1) is 28.4. The maximum absolute atomic E-state index is 12.4. The Morgan fingerprint density at radius 2 is 1.06 bits per heavy atom. The Morgan fingerprint density at radius 3 is 1.35 bits per heavy atom. The second kappa shape index (κ2) is 9.65. The molecule has 0 saturated heterocycles. The van der Waals surface area contributed by atoms with Crippen molar-refractivity contribution in [1.82, 2.24) is 29.5 Å². The van der Waals surface area contributed by atoms with Crippen LogP contribution in [0.5, 0.6) is 0 Å². The molecule has 0 aromatic carbocycles. The van der Waals surface area contributed by atoms with Gasteiger partial charge in [-0.25, -0.2) is 0 Å². The third kappa shape index (κ3) is 6.41. The minimum Gasteiger partial charge on any atom is -0.306 e. The zero-order valence-electron chi connectivity index (χ0n) is 14.2. The summed E-state index contributed by atoms with van der Waals surface area (Å²) in [6.07, 6.45) is -14.3. The van der Waals surface area contributed by atoms with E-state index in [0.29, 0.717) is 11.9 Å². The number of alkyl halides is 9.